The fraction of sp³-hybridized carbons (Fsp3) is 1.00. The fourth-order valence-corrected chi connectivity index (χ4v) is 2.23. The summed E-state index contributed by atoms with van der Waals surface area (Å²) in [6.07, 6.45) is 2.72. The largest absolute Gasteiger partial charge is 0.315 e. The minimum Gasteiger partial charge on any atom is -0.315 e. The molecule has 0 heterocycles. The number of nitrogens with one attached hydrogen (secondary N) is 2. The van der Waals surface area contributed by atoms with Gasteiger partial charge in [0.05, 0.1) is 5.75 Å². The van der Waals surface area contributed by atoms with Crippen molar-refractivity contribution >= 4 is 10.0 Å². The summed E-state index contributed by atoms with van der Waals surface area (Å²) < 4.78 is 25.1. The average molecular weight is 222 g/mol. The molecule has 0 fully saturated rings. The van der Waals surface area contributed by atoms with Crippen molar-refractivity contribution in [3.05, 3.63) is 0 Å². The highest BCUT2D eigenvalue weighted by molar-refractivity contribution is 7.89. The standard InChI is InChI=1S/C9H22N2O2S/c1-3-5-9-14(12,13)11-8-7-10-6-4-2/h10-11H,3-9H2,1-2H3. The van der Waals surface area contributed by atoms with Crippen molar-refractivity contribution in [1.82, 2.24) is 10.0 Å². The third-order valence-electron chi connectivity index (χ3n) is 1.82. The summed E-state index contributed by atoms with van der Waals surface area (Å²) in [5, 5.41) is 3.14. The molecule has 0 aromatic rings. The highest BCUT2D eigenvalue weighted by Crippen LogP contribution is 1.92. The van der Waals surface area contributed by atoms with Crippen molar-refractivity contribution in [1.29, 1.82) is 0 Å². The summed E-state index contributed by atoms with van der Waals surface area (Å²) in [5.74, 6) is 0.247. The van der Waals surface area contributed by atoms with E-state index in [0.717, 1.165) is 25.8 Å². The Kier molecular flexibility index (Phi) is 8.12. The predicted octanol–water partition coefficient (Wildman–Crippen LogP) is 0.706. The van der Waals surface area contributed by atoms with Gasteiger partial charge in [-0.25, -0.2) is 13.1 Å². The van der Waals surface area contributed by atoms with Gasteiger partial charge in [-0.15, -0.1) is 0 Å². The lowest BCUT2D eigenvalue weighted by molar-refractivity contribution is 0.572. The zero-order valence-electron chi connectivity index (χ0n) is 9.17. The second-order valence-corrected chi connectivity index (χ2v) is 5.24. The summed E-state index contributed by atoms with van der Waals surface area (Å²) in [6, 6.07) is 0. The van der Waals surface area contributed by atoms with Crippen LogP contribution < -0.4 is 10.0 Å². The number of unbranched alkanes of at least 4 members (excludes halogenated alkanes) is 1. The van der Waals surface area contributed by atoms with E-state index < -0.39 is 10.0 Å². The topological polar surface area (TPSA) is 58.2 Å². The minimum atomic E-state index is -3.02. The van der Waals surface area contributed by atoms with Crippen LogP contribution in [0.3, 0.4) is 0 Å². The van der Waals surface area contributed by atoms with E-state index in [1.165, 1.54) is 0 Å². The maximum absolute atomic E-state index is 11.3. The van der Waals surface area contributed by atoms with Crippen LogP contribution in [0.2, 0.25) is 0 Å². The molecule has 0 radical (unpaired) electrons. The van der Waals surface area contributed by atoms with E-state index in [1.54, 1.807) is 0 Å². The average Bonchev–Trinajstić information content (AvgIpc) is 2.15. The Balaban J connectivity index is 3.46. The highest BCUT2D eigenvalue weighted by Gasteiger charge is 2.07. The molecule has 0 spiro atoms. The van der Waals surface area contributed by atoms with Crippen LogP contribution in [0.4, 0.5) is 0 Å². The second kappa shape index (κ2) is 8.20. The predicted molar refractivity (Wildman–Crippen MR) is 59.9 cm³/mol. The highest BCUT2D eigenvalue weighted by atomic mass is 32.2. The first-order chi connectivity index (χ1) is 6.62. The van der Waals surface area contributed by atoms with Gasteiger partial charge in [-0.1, -0.05) is 20.3 Å². The van der Waals surface area contributed by atoms with Gasteiger partial charge in [0.2, 0.25) is 10.0 Å². The van der Waals surface area contributed by atoms with Crippen molar-refractivity contribution in [3.8, 4) is 0 Å². The zero-order chi connectivity index (χ0) is 10.9. The lowest BCUT2D eigenvalue weighted by Gasteiger charge is -2.06. The van der Waals surface area contributed by atoms with Crippen molar-refractivity contribution in [3.63, 3.8) is 0 Å². The van der Waals surface area contributed by atoms with E-state index in [4.69, 9.17) is 0 Å². The molecular formula is C9H22N2O2S. The molecule has 0 aliphatic rings. The van der Waals surface area contributed by atoms with Gasteiger partial charge in [0.1, 0.15) is 0 Å². The molecule has 5 heteroatoms. The number of rotatable bonds is 9. The first kappa shape index (κ1) is 13.9. The van der Waals surface area contributed by atoms with Crippen molar-refractivity contribution < 1.29 is 8.42 Å². The first-order valence-electron chi connectivity index (χ1n) is 5.30. The maximum Gasteiger partial charge on any atom is 0.211 e. The van der Waals surface area contributed by atoms with Crippen LogP contribution >= 0.6 is 0 Å². The smallest absolute Gasteiger partial charge is 0.211 e. The molecule has 86 valence electrons. The lowest BCUT2D eigenvalue weighted by atomic mass is 10.4. The van der Waals surface area contributed by atoms with Gasteiger partial charge in [0, 0.05) is 13.1 Å². The van der Waals surface area contributed by atoms with Gasteiger partial charge in [0.25, 0.3) is 0 Å². The molecule has 0 aliphatic carbocycles. The summed E-state index contributed by atoms with van der Waals surface area (Å²) in [6.45, 7) is 6.21. The number of hydrogen-bond donors (Lipinski definition) is 2. The van der Waals surface area contributed by atoms with Gasteiger partial charge in [-0.05, 0) is 19.4 Å². The Morgan fingerprint density at radius 2 is 1.71 bits per heavy atom. The van der Waals surface area contributed by atoms with Crippen LogP contribution in [0.15, 0.2) is 0 Å². The molecular weight excluding hydrogens is 200 g/mol. The van der Waals surface area contributed by atoms with Crippen LogP contribution in [-0.2, 0) is 10.0 Å². The van der Waals surface area contributed by atoms with E-state index in [2.05, 4.69) is 17.0 Å². The van der Waals surface area contributed by atoms with E-state index in [1.807, 2.05) is 6.92 Å². The molecule has 0 unspecified atom stereocenters. The Morgan fingerprint density at radius 3 is 2.29 bits per heavy atom. The van der Waals surface area contributed by atoms with Gasteiger partial charge < -0.3 is 5.32 Å². The molecule has 0 bridgehead atoms. The summed E-state index contributed by atoms with van der Waals surface area (Å²) >= 11 is 0. The number of hydrogen-bond acceptors (Lipinski definition) is 3. The van der Waals surface area contributed by atoms with Crippen LogP contribution in [0.1, 0.15) is 33.1 Å². The molecule has 0 saturated carbocycles. The molecule has 0 aromatic heterocycles. The van der Waals surface area contributed by atoms with Crippen molar-refractivity contribution in [2.75, 3.05) is 25.4 Å². The zero-order valence-corrected chi connectivity index (χ0v) is 9.99. The van der Waals surface area contributed by atoms with Crippen LogP contribution in [-0.4, -0.2) is 33.8 Å². The molecule has 0 atom stereocenters. The maximum atomic E-state index is 11.3. The molecule has 4 nitrogen and oxygen atoms in total. The third kappa shape index (κ3) is 8.47. The fourth-order valence-electron chi connectivity index (χ4n) is 1.00. The van der Waals surface area contributed by atoms with E-state index in [-0.39, 0.29) is 5.75 Å². The Labute approximate surface area is 87.5 Å². The first-order valence-corrected chi connectivity index (χ1v) is 6.95. The monoisotopic (exact) mass is 222 g/mol. The lowest BCUT2D eigenvalue weighted by Crippen LogP contribution is -2.33. The van der Waals surface area contributed by atoms with Crippen LogP contribution in [0.25, 0.3) is 0 Å². The van der Waals surface area contributed by atoms with Gasteiger partial charge >= 0.3 is 0 Å². The Bertz CT molecular complexity index is 215. The van der Waals surface area contributed by atoms with Gasteiger partial charge in [-0.3, -0.25) is 0 Å². The summed E-state index contributed by atoms with van der Waals surface area (Å²) in [7, 11) is -3.02. The molecule has 0 rings (SSSR count). The molecule has 0 aromatic carbocycles. The quantitative estimate of drug-likeness (QED) is 0.565. The molecule has 14 heavy (non-hydrogen) atoms. The summed E-state index contributed by atoms with van der Waals surface area (Å²) in [4.78, 5) is 0. The molecule has 0 saturated heterocycles. The number of sulfonamides is 1. The van der Waals surface area contributed by atoms with E-state index in [0.29, 0.717) is 13.1 Å². The molecule has 2 N–H and O–H groups in total. The summed E-state index contributed by atoms with van der Waals surface area (Å²) in [5.41, 5.74) is 0. The van der Waals surface area contributed by atoms with Crippen LogP contribution in [0, 0.1) is 0 Å². The molecule has 0 amide bonds. The third-order valence-corrected chi connectivity index (χ3v) is 3.29. The Morgan fingerprint density at radius 1 is 1.00 bits per heavy atom. The van der Waals surface area contributed by atoms with E-state index >= 15 is 0 Å². The minimum absolute atomic E-state index is 0.247. The van der Waals surface area contributed by atoms with Crippen molar-refractivity contribution in [2.45, 2.75) is 33.1 Å². The Hall–Kier alpha value is -0.130. The van der Waals surface area contributed by atoms with Crippen LogP contribution in [0.5, 0.6) is 0 Å². The van der Waals surface area contributed by atoms with Gasteiger partial charge in [-0.2, -0.15) is 0 Å². The van der Waals surface area contributed by atoms with E-state index in [9.17, 15) is 8.42 Å². The normalized spacial score (nSPS) is 11.9. The second-order valence-electron chi connectivity index (χ2n) is 3.32. The SMILES string of the molecule is CCCCS(=O)(=O)NCCNCCC. The van der Waals surface area contributed by atoms with Gasteiger partial charge in [0.15, 0.2) is 0 Å². The molecule has 0 aliphatic heterocycles. The van der Waals surface area contributed by atoms with Crippen molar-refractivity contribution in [2.24, 2.45) is 0 Å².